The van der Waals surface area contributed by atoms with Gasteiger partial charge in [0.1, 0.15) is 0 Å². The Hall–Kier alpha value is -0.320. The van der Waals surface area contributed by atoms with Crippen molar-refractivity contribution in [2.45, 2.75) is 38.5 Å². The Balaban J connectivity index is 2.27. The Bertz CT molecular complexity index is 459. The van der Waals surface area contributed by atoms with Crippen LogP contribution in [0.2, 0.25) is 10.0 Å². The van der Waals surface area contributed by atoms with Crippen LogP contribution >= 0.6 is 23.2 Å². The minimum Gasteiger partial charge on any atom is -0.370 e. The van der Waals surface area contributed by atoms with Gasteiger partial charge >= 0.3 is 0 Å². The summed E-state index contributed by atoms with van der Waals surface area (Å²) in [4.78, 5) is 2.36. The summed E-state index contributed by atoms with van der Waals surface area (Å²) < 4.78 is 5.95. The van der Waals surface area contributed by atoms with Crippen molar-refractivity contribution in [1.29, 1.82) is 0 Å². The van der Waals surface area contributed by atoms with Gasteiger partial charge in [0, 0.05) is 35.7 Å². The van der Waals surface area contributed by atoms with E-state index in [-0.39, 0.29) is 17.7 Å². The van der Waals surface area contributed by atoms with Gasteiger partial charge in [-0.3, -0.25) is 4.90 Å². The maximum atomic E-state index is 6.11. The van der Waals surface area contributed by atoms with Gasteiger partial charge in [0.15, 0.2) is 0 Å². The Morgan fingerprint density at radius 1 is 1.35 bits per heavy atom. The maximum Gasteiger partial charge on any atom is 0.0757 e. The van der Waals surface area contributed by atoms with E-state index < -0.39 is 0 Å². The molecule has 1 aromatic rings. The van der Waals surface area contributed by atoms with Gasteiger partial charge in [0.05, 0.1) is 11.7 Å². The van der Waals surface area contributed by atoms with Crippen LogP contribution in [0.3, 0.4) is 0 Å². The van der Waals surface area contributed by atoms with Gasteiger partial charge in [0.2, 0.25) is 0 Å². The number of benzene rings is 1. The third-order valence-electron chi connectivity index (χ3n) is 3.53. The molecule has 1 aliphatic heterocycles. The molecule has 1 aliphatic rings. The van der Waals surface area contributed by atoms with E-state index in [1.807, 2.05) is 12.1 Å². The lowest BCUT2D eigenvalue weighted by Crippen LogP contribution is -2.53. The number of halogens is 2. The van der Waals surface area contributed by atoms with Crippen molar-refractivity contribution in [3.63, 3.8) is 0 Å². The summed E-state index contributed by atoms with van der Waals surface area (Å²) in [6, 6.07) is 5.74. The zero-order valence-electron chi connectivity index (χ0n) is 12.2. The van der Waals surface area contributed by atoms with Crippen LogP contribution in [0.15, 0.2) is 18.2 Å². The average Bonchev–Trinajstić information content (AvgIpc) is 2.25. The SMILES string of the molecule is CC1CN(C(CN)c2cc(Cl)cc(Cl)c2)CC(C)(C)O1. The smallest absolute Gasteiger partial charge is 0.0757 e. The van der Waals surface area contributed by atoms with Gasteiger partial charge in [-0.25, -0.2) is 0 Å². The van der Waals surface area contributed by atoms with Crippen molar-refractivity contribution in [3.8, 4) is 0 Å². The lowest BCUT2D eigenvalue weighted by molar-refractivity contribution is -0.137. The number of ether oxygens (including phenoxy) is 1. The summed E-state index contributed by atoms with van der Waals surface area (Å²) in [5.74, 6) is 0. The molecule has 5 heteroatoms. The van der Waals surface area contributed by atoms with Crippen LogP contribution in [-0.4, -0.2) is 36.2 Å². The molecule has 0 aromatic heterocycles. The molecule has 0 amide bonds. The van der Waals surface area contributed by atoms with Crippen molar-refractivity contribution in [3.05, 3.63) is 33.8 Å². The summed E-state index contributed by atoms with van der Waals surface area (Å²) >= 11 is 12.2. The highest BCUT2D eigenvalue weighted by Crippen LogP contribution is 2.31. The summed E-state index contributed by atoms with van der Waals surface area (Å²) in [6.07, 6.45) is 0.183. The second-order valence-corrected chi connectivity index (χ2v) is 6.94. The fraction of sp³-hybridized carbons (Fsp3) is 0.600. The summed E-state index contributed by atoms with van der Waals surface area (Å²) in [7, 11) is 0. The first kappa shape index (κ1) is 16.1. The van der Waals surface area contributed by atoms with Crippen molar-refractivity contribution in [2.24, 2.45) is 5.73 Å². The molecule has 2 atom stereocenters. The maximum absolute atomic E-state index is 6.11. The second-order valence-electron chi connectivity index (χ2n) is 6.07. The Morgan fingerprint density at radius 2 is 1.95 bits per heavy atom. The fourth-order valence-corrected chi connectivity index (χ4v) is 3.55. The minimum absolute atomic E-state index is 0.108. The molecule has 112 valence electrons. The minimum atomic E-state index is -0.173. The molecule has 3 nitrogen and oxygen atoms in total. The highest BCUT2D eigenvalue weighted by molar-refractivity contribution is 6.34. The number of hydrogen-bond donors (Lipinski definition) is 1. The van der Waals surface area contributed by atoms with Crippen LogP contribution in [-0.2, 0) is 4.74 Å². The Morgan fingerprint density at radius 3 is 2.45 bits per heavy atom. The van der Waals surface area contributed by atoms with E-state index in [0.29, 0.717) is 16.6 Å². The van der Waals surface area contributed by atoms with E-state index in [0.717, 1.165) is 18.7 Å². The molecule has 1 heterocycles. The summed E-state index contributed by atoms with van der Waals surface area (Å²) in [5.41, 5.74) is 6.89. The van der Waals surface area contributed by atoms with Crippen LogP contribution in [0.4, 0.5) is 0 Å². The molecule has 2 unspecified atom stereocenters. The third-order valence-corrected chi connectivity index (χ3v) is 3.97. The van der Waals surface area contributed by atoms with Crippen LogP contribution in [0.5, 0.6) is 0 Å². The Kier molecular flexibility index (Phi) is 4.98. The highest BCUT2D eigenvalue weighted by Gasteiger charge is 2.34. The third kappa shape index (κ3) is 3.86. The molecule has 0 bridgehead atoms. The lowest BCUT2D eigenvalue weighted by atomic mass is 9.99. The van der Waals surface area contributed by atoms with Gasteiger partial charge < -0.3 is 10.5 Å². The van der Waals surface area contributed by atoms with E-state index in [1.54, 1.807) is 6.07 Å². The van der Waals surface area contributed by atoms with Crippen LogP contribution in [0, 0.1) is 0 Å². The number of morpholine rings is 1. The van der Waals surface area contributed by atoms with E-state index in [4.69, 9.17) is 33.7 Å². The van der Waals surface area contributed by atoms with E-state index in [2.05, 4.69) is 25.7 Å². The van der Waals surface area contributed by atoms with Crippen molar-refractivity contribution in [2.75, 3.05) is 19.6 Å². The van der Waals surface area contributed by atoms with Crippen LogP contribution in [0.25, 0.3) is 0 Å². The lowest BCUT2D eigenvalue weighted by Gasteiger charge is -2.45. The second kappa shape index (κ2) is 6.20. The first-order chi connectivity index (χ1) is 9.30. The topological polar surface area (TPSA) is 38.5 Å². The standard InChI is InChI=1S/C15H22Cl2N2O/c1-10-8-19(9-15(2,3)20-10)14(7-18)11-4-12(16)6-13(17)5-11/h4-6,10,14H,7-9,18H2,1-3H3. The van der Waals surface area contributed by atoms with Gasteiger partial charge in [-0.1, -0.05) is 23.2 Å². The molecule has 0 saturated carbocycles. The van der Waals surface area contributed by atoms with Gasteiger partial charge in [0.25, 0.3) is 0 Å². The van der Waals surface area contributed by atoms with Crippen LogP contribution in [0.1, 0.15) is 32.4 Å². The predicted molar refractivity (Wildman–Crippen MR) is 84.5 cm³/mol. The monoisotopic (exact) mass is 316 g/mol. The molecular weight excluding hydrogens is 295 g/mol. The molecule has 1 fully saturated rings. The summed E-state index contributed by atoms with van der Waals surface area (Å²) in [5, 5.41) is 1.29. The molecule has 0 aliphatic carbocycles. The van der Waals surface area contributed by atoms with Gasteiger partial charge in [-0.2, -0.15) is 0 Å². The first-order valence-corrected chi connectivity index (χ1v) is 7.64. The van der Waals surface area contributed by atoms with Crippen molar-refractivity contribution < 1.29 is 4.74 Å². The van der Waals surface area contributed by atoms with E-state index >= 15 is 0 Å². The summed E-state index contributed by atoms with van der Waals surface area (Å²) in [6.45, 7) is 8.52. The van der Waals surface area contributed by atoms with Gasteiger partial charge in [-0.15, -0.1) is 0 Å². The molecule has 1 saturated heterocycles. The zero-order valence-corrected chi connectivity index (χ0v) is 13.7. The molecule has 2 rings (SSSR count). The highest BCUT2D eigenvalue weighted by atomic mass is 35.5. The van der Waals surface area contributed by atoms with E-state index in [1.165, 1.54) is 0 Å². The molecule has 0 spiro atoms. The molecule has 0 radical (unpaired) electrons. The van der Waals surface area contributed by atoms with Gasteiger partial charge in [-0.05, 0) is 44.5 Å². The fourth-order valence-electron chi connectivity index (χ4n) is 3.00. The molecule has 20 heavy (non-hydrogen) atoms. The van der Waals surface area contributed by atoms with E-state index in [9.17, 15) is 0 Å². The number of nitrogens with two attached hydrogens (primary N) is 1. The number of hydrogen-bond acceptors (Lipinski definition) is 3. The first-order valence-electron chi connectivity index (χ1n) is 6.88. The Labute approximate surface area is 131 Å². The largest absolute Gasteiger partial charge is 0.370 e. The quantitative estimate of drug-likeness (QED) is 0.927. The van der Waals surface area contributed by atoms with Crippen molar-refractivity contribution >= 4 is 23.2 Å². The predicted octanol–water partition coefficient (Wildman–Crippen LogP) is 3.49. The van der Waals surface area contributed by atoms with Crippen LogP contribution < -0.4 is 5.73 Å². The average molecular weight is 317 g/mol. The zero-order chi connectivity index (χ0) is 14.9. The molecular formula is C15H22Cl2N2O. The number of nitrogens with zero attached hydrogens (tertiary/aromatic N) is 1. The normalized spacial score (nSPS) is 24.6. The molecule has 1 aromatic carbocycles. The van der Waals surface area contributed by atoms with Crippen molar-refractivity contribution in [1.82, 2.24) is 4.90 Å². The number of rotatable bonds is 3. The molecule has 2 N–H and O–H groups in total.